The smallest absolute Gasteiger partial charge is 0.255 e. The normalized spacial score (nSPS) is 11.5. The van der Waals surface area contributed by atoms with Gasteiger partial charge in [-0.15, -0.1) is 0 Å². The lowest BCUT2D eigenvalue weighted by Gasteiger charge is -2.09. The van der Waals surface area contributed by atoms with Gasteiger partial charge in [-0.1, -0.05) is 34.8 Å². The van der Waals surface area contributed by atoms with E-state index in [9.17, 15) is 9.59 Å². The number of ketones is 2. The summed E-state index contributed by atoms with van der Waals surface area (Å²) in [6.45, 7) is 0. The van der Waals surface area contributed by atoms with E-state index >= 15 is 0 Å². The highest BCUT2D eigenvalue weighted by molar-refractivity contribution is 14.1. The molecule has 1 aromatic heterocycles. The third-order valence-electron chi connectivity index (χ3n) is 2.86. The molecule has 2 rings (SSSR count). The fourth-order valence-electron chi connectivity index (χ4n) is 1.83. The number of alkyl halides is 3. The Balaban J connectivity index is 2.36. The summed E-state index contributed by atoms with van der Waals surface area (Å²) in [5.74, 6) is -0.859. The summed E-state index contributed by atoms with van der Waals surface area (Å²) in [5, 5.41) is 0. The van der Waals surface area contributed by atoms with Crippen LogP contribution in [0.4, 0.5) is 0 Å². The molecule has 0 spiro atoms. The van der Waals surface area contributed by atoms with Gasteiger partial charge < -0.3 is 4.57 Å². The van der Waals surface area contributed by atoms with Crippen LogP contribution in [0.3, 0.4) is 0 Å². The van der Waals surface area contributed by atoms with Crippen LogP contribution in [0.25, 0.3) is 0 Å². The summed E-state index contributed by atoms with van der Waals surface area (Å²) in [7, 11) is 1.62. The number of hydrogen-bond donors (Lipinski definition) is 0. The first-order valence-corrected chi connectivity index (χ1v) is 7.99. The third kappa shape index (κ3) is 3.80. The van der Waals surface area contributed by atoms with Crippen LogP contribution < -0.4 is 0 Å². The van der Waals surface area contributed by atoms with E-state index in [1.807, 2.05) is 12.1 Å². The van der Waals surface area contributed by atoms with Gasteiger partial charge in [0.1, 0.15) is 0 Å². The van der Waals surface area contributed by atoms with Gasteiger partial charge in [0.25, 0.3) is 3.79 Å². The van der Waals surface area contributed by atoms with Crippen molar-refractivity contribution >= 4 is 69.0 Å². The molecule has 1 heterocycles. The lowest BCUT2D eigenvalue weighted by molar-refractivity contribution is 0.0988. The average molecular weight is 456 g/mol. The van der Waals surface area contributed by atoms with Gasteiger partial charge in [-0.05, 0) is 52.9 Å². The van der Waals surface area contributed by atoms with Gasteiger partial charge in [0.2, 0.25) is 5.78 Å². The molecule has 2 aromatic rings. The predicted octanol–water partition coefficient (Wildman–Crippen LogP) is 4.41. The summed E-state index contributed by atoms with van der Waals surface area (Å²) >= 11 is 18.9. The number of halogens is 4. The molecule has 0 aliphatic carbocycles. The Kier molecular flexibility index (Phi) is 5.03. The van der Waals surface area contributed by atoms with Crippen LogP contribution in [0.2, 0.25) is 0 Å². The Bertz CT molecular complexity index is 702. The molecule has 0 unspecified atom stereocenters. The molecule has 0 fully saturated rings. The fraction of sp³-hybridized carbons (Fsp3) is 0.143. The van der Waals surface area contributed by atoms with Gasteiger partial charge in [0.15, 0.2) is 5.78 Å². The molecule has 0 saturated carbocycles. The molecule has 0 N–H and O–H groups in total. The van der Waals surface area contributed by atoms with Crippen molar-refractivity contribution in [3.8, 4) is 0 Å². The standard InChI is InChI=1S/C14H9Cl3INO2/c1-19-7-9(6-11(19)13(21)14(15,16)17)12(20)8-2-4-10(18)5-3-8/h2-7H,1H3. The maximum Gasteiger partial charge on any atom is 0.255 e. The monoisotopic (exact) mass is 455 g/mol. The number of benzene rings is 1. The van der Waals surface area contributed by atoms with Crippen molar-refractivity contribution in [1.82, 2.24) is 4.57 Å². The maximum absolute atomic E-state index is 12.4. The number of hydrogen-bond acceptors (Lipinski definition) is 2. The van der Waals surface area contributed by atoms with E-state index in [1.165, 1.54) is 10.6 Å². The average Bonchev–Trinajstić information content (AvgIpc) is 2.79. The topological polar surface area (TPSA) is 39.1 Å². The Morgan fingerprint density at radius 2 is 1.67 bits per heavy atom. The van der Waals surface area contributed by atoms with Gasteiger partial charge in [0, 0.05) is 27.9 Å². The van der Waals surface area contributed by atoms with E-state index in [4.69, 9.17) is 34.8 Å². The van der Waals surface area contributed by atoms with E-state index < -0.39 is 9.58 Å². The second-order valence-electron chi connectivity index (χ2n) is 4.39. The number of carbonyl (C=O) groups is 2. The molecule has 0 bridgehead atoms. The first-order chi connectivity index (χ1) is 9.70. The summed E-state index contributed by atoms with van der Waals surface area (Å²) in [4.78, 5) is 24.3. The third-order valence-corrected chi connectivity index (χ3v) is 4.10. The molecule has 0 atom stereocenters. The highest BCUT2D eigenvalue weighted by atomic mass is 127. The molecule has 0 aliphatic heterocycles. The van der Waals surface area contributed by atoms with Crippen molar-refractivity contribution in [2.75, 3.05) is 0 Å². The minimum absolute atomic E-state index is 0.170. The fourth-order valence-corrected chi connectivity index (χ4v) is 2.48. The van der Waals surface area contributed by atoms with Crippen molar-refractivity contribution < 1.29 is 9.59 Å². The molecule has 1 aromatic carbocycles. The number of aryl methyl sites for hydroxylation is 1. The van der Waals surface area contributed by atoms with Crippen molar-refractivity contribution in [3.63, 3.8) is 0 Å². The van der Waals surface area contributed by atoms with Crippen molar-refractivity contribution in [3.05, 3.63) is 56.9 Å². The second kappa shape index (κ2) is 6.28. The quantitative estimate of drug-likeness (QED) is 0.390. The lowest BCUT2D eigenvalue weighted by Crippen LogP contribution is -2.21. The number of aromatic nitrogens is 1. The predicted molar refractivity (Wildman–Crippen MR) is 92.6 cm³/mol. The first-order valence-electron chi connectivity index (χ1n) is 5.78. The zero-order valence-corrected chi connectivity index (χ0v) is 15.2. The highest BCUT2D eigenvalue weighted by Gasteiger charge is 2.34. The Morgan fingerprint density at radius 3 is 2.19 bits per heavy atom. The second-order valence-corrected chi connectivity index (χ2v) is 7.91. The lowest BCUT2D eigenvalue weighted by atomic mass is 10.1. The summed E-state index contributed by atoms with van der Waals surface area (Å²) < 4.78 is 0.462. The molecule has 0 saturated heterocycles. The molecule has 110 valence electrons. The molecule has 0 radical (unpaired) electrons. The molecule has 0 amide bonds. The Labute approximate surface area is 150 Å². The SMILES string of the molecule is Cn1cc(C(=O)c2ccc(I)cc2)cc1C(=O)C(Cl)(Cl)Cl. The largest absolute Gasteiger partial charge is 0.347 e. The summed E-state index contributed by atoms with van der Waals surface area (Å²) in [5.41, 5.74) is 1.08. The molecular weight excluding hydrogens is 447 g/mol. The van der Waals surface area contributed by atoms with Gasteiger partial charge >= 0.3 is 0 Å². The van der Waals surface area contributed by atoms with E-state index in [0.717, 1.165) is 3.57 Å². The maximum atomic E-state index is 12.4. The van der Waals surface area contributed by atoms with Crippen LogP contribution in [-0.2, 0) is 7.05 Å². The van der Waals surface area contributed by atoms with Crippen LogP contribution in [0, 0.1) is 3.57 Å². The molecule has 21 heavy (non-hydrogen) atoms. The van der Waals surface area contributed by atoms with E-state index in [0.29, 0.717) is 11.1 Å². The van der Waals surface area contributed by atoms with E-state index in [1.54, 1.807) is 25.4 Å². The van der Waals surface area contributed by atoms with Crippen LogP contribution in [0.1, 0.15) is 26.4 Å². The van der Waals surface area contributed by atoms with E-state index in [2.05, 4.69) is 22.6 Å². The van der Waals surface area contributed by atoms with Gasteiger partial charge in [-0.3, -0.25) is 9.59 Å². The van der Waals surface area contributed by atoms with E-state index in [-0.39, 0.29) is 11.5 Å². The van der Waals surface area contributed by atoms with Crippen molar-refractivity contribution in [2.24, 2.45) is 7.05 Å². The van der Waals surface area contributed by atoms with Gasteiger partial charge in [0.05, 0.1) is 5.69 Å². The van der Waals surface area contributed by atoms with Crippen molar-refractivity contribution in [1.29, 1.82) is 0 Å². The number of Topliss-reactive ketones (excluding diaryl/α,β-unsaturated/α-hetero) is 1. The van der Waals surface area contributed by atoms with Gasteiger partial charge in [-0.2, -0.15) is 0 Å². The van der Waals surface area contributed by atoms with Crippen LogP contribution in [0.5, 0.6) is 0 Å². The van der Waals surface area contributed by atoms with Crippen LogP contribution >= 0.6 is 57.4 Å². The zero-order valence-electron chi connectivity index (χ0n) is 10.7. The minimum atomic E-state index is -2.05. The molecule has 3 nitrogen and oxygen atoms in total. The highest BCUT2D eigenvalue weighted by Crippen LogP contribution is 2.31. The Hall–Kier alpha value is -0.560. The zero-order chi connectivity index (χ0) is 15.8. The summed E-state index contributed by atoms with van der Waals surface area (Å²) in [6, 6.07) is 8.57. The number of rotatable bonds is 3. The molecular formula is C14H9Cl3INO2. The first kappa shape index (κ1) is 16.8. The number of nitrogens with zero attached hydrogens (tertiary/aromatic N) is 1. The summed E-state index contributed by atoms with van der Waals surface area (Å²) in [6.07, 6.45) is 1.55. The van der Waals surface area contributed by atoms with Gasteiger partial charge in [-0.25, -0.2) is 0 Å². The molecule has 0 aliphatic rings. The Morgan fingerprint density at radius 1 is 1.10 bits per heavy atom. The minimum Gasteiger partial charge on any atom is -0.347 e. The number of carbonyl (C=O) groups excluding carboxylic acids is 2. The van der Waals surface area contributed by atoms with Crippen LogP contribution in [0.15, 0.2) is 36.5 Å². The van der Waals surface area contributed by atoms with Crippen molar-refractivity contribution in [2.45, 2.75) is 3.79 Å². The van der Waals surface area contributed by atoms with Crippen LogP contribution in [-0.4, -0.2) is 19.9 Å². The molecule has 7 heteroatoms.